The molecule has 94 valence electrons. The lowest BCUT2D eigenvalue weighted by molar-refractivity contribution is 0.165. The minimum absolute atomic E-state index is 0.0370. The Morgan fingerprint density at radius 1 is 1.24 bits per heavy atom. The zero-order chi connectivity index (χ0) is 12.8. The van der Waals surface area contributed by atoms with Gasteiger partial charge in [0.25, 0.3) is 0 Å². The van der Waals surface area contributed by atoms with Crippen LogP contribution in [0.1, 0.15) is 19.4 Å². The van der Waals surface area contributed by atoms with Crippen molar-refractivity contribution < 1.29 is 4.79 Å². The molecule has 0 radical (unpaired) electrons. The predicted octanol–water partition coefficient (Wildman–Crippen LogP) is 3.23. The van der Waals surface area contributed by atoms with Crippen LogP contribution in [-0.4, -0.2) is 36.0 Å². The number of carbonyl (C=O) groups is 1. The normalized spacial score (nSPS) is 10.1. The fourth-order valence-electron chi connectivity index (χ4n) is 1.69. The number of hydrogen-bond acceptors (Lipinski definition) is 1. The smallest absolute Gasteiger partial charge is 0.320 e. The van der Waals surface area contributed by atoms with Crippen LogP contribution < -0.4 is 0 Å². The first-order valence-electron chi connectivity index (χ1n) is 5.83. The van der Waals surface area contributed by atoms with Gasteiger partial charge >= 0.3 is 6.03 Å². The number of urea groups is 1. The summed E-state index contributed by atoms with van der Waals surface area (Å²) in [6, 6.07) is 7.63. The van der Waals surface area contributed by atoms with Crippen LogP contribution in [0.2, 0.25) is 5.02 Å². The number of carbonyl (C=O) groups excluding carboxylic acids is 1. The summed E-state index contributed by atoms with van der Waals surface area (Å²) in [6.07, 6.45) is 0. The van der Waals surface area contributed by atoms with Crippen molar-refractivity contribution in [1.29, 1.82) is 0 Å². The quantitative estimate of drug-likeness (QED) is 0.809. The molecular weight excluding hydrogens is 236 g/mol. The van der Waals surface area contributed by atoms with Crippen LogP contribution in [0.15, 0.2) is 24.3 Å². The average molecular weight is 255 g/mol. The number of halogens is 1. The van der Waals surface area contributed by atoms with Gasteiger partial charge < -0.3 is 9.80 Å². The lowest BCUT2D eigenvalue weighted by Crippen LogP contribution is -2.40. The van der Waals surface area contributed by atoms with E-state index in [2.05, 4.69) is 0 Å². The first-order chi connectivity index (χ1) is 8.10. The van der Waals surface area contributed by atoms with E-state index in [0.717, 1.165) is 18.7 Å². The summed E-state index contributed by atoms with van der Waals surface area (Å²) >= 11 is 6.07. The van der Waals surface area contributed by atoms with E-state index in [0.29, 0.717) is 11.6 Å². The van der Waals surface area contributed by atoms with E-state index in [1.165, 1.54) is 0 Å². The topological polar surface area (TPSA) is 23.6 Å². The molecule has 0 heterocycles. The highest BCUT2D eigenvalue weighted by molar-refractivity contribution is 6.31. The second-order valence-corrected chi connectivity index (χ2v) is 4.31. The van der Waals surface area contributed by atoms with E-state index in [9.17, 15) is 4.79 Å². The summed E-state index contributed by atoms with van der Waals surface area (Å²) < 4.78 is 0. The Bertz CT molecular complexity index is 377. The Morgan fingerprint density at radius 3 is 2.35 bits per heavy atom. The van der Waals surface area contributed by atoms with Gasteiger partial charge in [-0.1, -0.05) is 29.8 Å². The van der Waals surface area contributed by atoms with Crippen LogP contribution in [0.3, 0.4) is 0 Å². The molecule has 0 aliphatic rings. The molecule has 0 saturated carbocycles. The Labute approximate surface area is 108 Å². The van der Waals surface area contributed by atoms with Crippen molar-refractivity contribution in [1.82, 2.24) is 9.80 Å². The zero-order valence-corrected chi connectivity index (χ0v) is 11.4. The Balaban J connectivity index is 2.69. The van der Waals surface area contributed by atoms with Crippen LogP contribution in [0.25, 0.3) is 0 Å². The molecule has 1 aromatic carbocycles. The number of nitrogens with zero attached hydrogens (tertiary/aromatic N) is 2. The van der Waals surface area contributed by atoms with Gasteiger partial charge in [0.15, 0.2) is 0 Å². The van der Waals surface area contributed by atoms with Crippen molar-refractivity contribution >= 4 is 17.6 Å². The van der Waals surface area contributed by atoms with Gasteiger partial charge in [0.05, 0.1) is 0 Å². The van der Waals surface area contributed by atoms with Gasteiger partial charge in [-0.15, -0.1) is 0 Å². The molecule has 0 fully saturated rings. The first-order valence-corrected chi connectivity index (χ1v) is 6.21. The lowest BCUT2D eigenvalue weighted by Gasteiger charge is -2.26. The monoisotopic (exact) mass is 254 g/mol. The van der Waals surface area contributed by atoms with E-state index in [1.807, 2.05) is 38.1 Å². The highest BCUT2D eigenvalue weighted by atomic mass is 35.5. The zero-order valence-electron chi connectivity index (χ0n) is 10.6. The predicted molar refractivity (Wildman–Crippen MR) is 71.2 cm³/mol. The van der Waals surface area contributed by atoms with Crippen LogP contribution >= 0.6 is 11.6 Å². The summed E-state index contributed by atoms with van der Waals surface area (Å²) in [6.45, 7) is 5.94. The standard InChI is InChI=1S/C13H19ClN2O/c1-4-16(5-2)13(17)15(3)10-11-8-6-7-9-12(11)14/h6-9H,4-5,10H2,1-3H3. The van der Waals surface area contributed by atoms with E-state index >= 15 is 0 Å². The van der Waals surface area contributed by atoms with Gasteiger partial charge in [-0.25, -0.2) is 4.79 Å². The van der Waals surface area contributed by atoms with Gasteiger partial charge in [0.2, 0.25) is 0 Å². The lowest BCUT2D eigenvalue weighted by atomic mass is 10.2. The highest BCUT2D eigenvalue weighted by Crippen LogP contribution is 2.16. The summed E-state index contributed by atoms with van der Waals surface area (Å²) in [5.41, 5.74) is 0.970. The molecule has 0 unspecified atom stereocenters. The van der Waals surface area contributed by atoms with Crippen molar-refractivity contribution in [2.24, 2.45) is 0 Å². The SMILES string of the molecule is CCN(CC)C(=O)N(C)Cc1ccccc1Cl. The number of amides is 2. The third-order valence-electron chi connectivity index (χ3n) is 2.73. The number of hydrogen-bond donors (Lipinski definition) is 0. The van der Waals surface area contributed by atoms with Gasteiger partial charge in [-0.2, -0.15) is 0 Å². The van der Waals surface area contributed by atoms with Crippen LogP contribution in [0.5, 0.6) is 0 Å². The molecule has 0 atom stereocenters. The molecular formula is C13H19ClN2O. The van der Waals surface area contributed by atoms with Crippen molar-refractivity contribution in [3.8, 4) is 0 Å². The minimum atomic E-state index is 0.0370. The maximum Gasteiger partial charge on any atom is 0.320 e. The summed E-state index contributed by atoms with van der Waals surface area (Å²) in [5, 5.41) is 0.701. The molecule has 0 aliphatic heterocycles. The number of benzene rings is 1. The fourth-order valence-corrected chi connectivity index (χ4v) is 1.88. The first kappa shape index (κ1) is 13.8. The molecule has 0 aliphatic carbocycles. The van der Waals surface area contributed by atoms with E-state index < -0.39 is 0 Å². The van der Waals surface area contributed by atoms with E-state index in [4.69, 9.17) is 11.6 Å². The summed E-state index contributed by atoms with van der Waals surface area (Å²) in [7, 11) is 1.80. The van der Waals surface area contributed by atoms with Gasteiger partial charge in [0.1, 0.15) is 0 Å². The molecule has 0 N–H and O–H groups in total. The van der Waals surface area contributed by atoms with Gasteiger partial charge in [0, 0.05) is 31.7 Å². The van der Waals surface area contributed by atoms with Crippen molar-refractivity contribution in [2.75, 3.05) is 20.1 Å². The maximum atomic E-state index is 12.0. The fraction of sp³-hybridized carbons (Fsp3) is 0.462. The molecule has 1 aromatic rings. The summed E-state index contributed by atoms with van der Waals surface area (Å²) in [5.74, 6) is 0. The van der Waals surface area contributed by atoms with Crippen LogP contribution in [0.4, 0.5) is 4.79 Å². The molecule has 0 spiro atoms. The van der Waals surface area contributed by atoms with Crippen molar-refractivity contribution in [3.05, 3.63) is 34.9 Å². The maximum absolute atomic E-state index is 12.0. The largest absolute Gasteiger partial charge is 0.325 e. The molecule has 3 nitrogen and oxygen atoms in total. The Hall–Kier alpha value is -1.22. The second kappa shape index (κ2) is 6.50. The third kappa shape index (κ3) is 3.63. The molecule has 0 bridgehead atoms. The molecule has 1 rings (SSSR count). The van der Waals surface area contributed by atoms with Gasteiger partial charge in [-0.3, -0.25) is 0 Å². The van der Waals surface area contributed by atoms with E-state index in [1.54, 1.807) is 16.8 Å². The molecule has 0 saturated heterocycles. The minimum Gasteiger partial charge on any atom is -0.325 e. The highest BCUT2D eigenvalue weighted by Gasteiger charge is 2.15. The molecule has 2 amide bonds. The van der Waals surface area contributed by atoms with Crippen molar-refractivity contribution in [3.63, 3.8) is 0 Å². The van der Waals surface area contributed by atoms with Gasteiger partial charge in [-0.05, 0) is 25.5 Å². The van der Waals surface area contributed by atoms with Crippen LogP contribution in [-0.2, 0) is 6.54 Å². The molecule has 17 heavy (non-hydrogen) atoms. The molecule has 0 aromatic heterocycles. The Kier molecular flexibility index (Phi) is 5.29. The Morgan fingerprint density at radius 2 is 1.82 bits per heavy atom. The summed E-state index contributed by atoms with van der Waals surface area (Å²) in [4.78, 5) is 15.5. The van der Waals surface area contributed by atoms with Crippen LogP contribution in [0, 0.1) is 0 Å². The average Bonchev–Trinajstić information content (AvgIpc) is 2.33. The van der Waals surface area contributed by atoms with E-state index in [-0.39, 0.29) is 6.03 Å². The molecule has 4 heteroatoms. The third-order valence-corrected chi connectivity index (χ3v) is 3.09. The van der Waals surface area contributed by atoms with Crippen molar-refractivity contribution in [2.45, 2.75) is 20.4 Å². The number of rotatable bonds is 4. The second-order valence-electron chi connectivity index (χ2n) is 3.90.